The zero-order valence-corrected chi connectivity index (χ0v) is 16.3. The Morgan fingerprint density at radius 3 is 2.59 bits per heavy atom. The zero-order chi connectivity index (χ0) is 18.8. The van der Waals surface area contributed by atoms with Crippen LogP contribution in [0.2, 0.25) is 5.02 Å². The molecule has 0 atom stereocenters. The van der Waals surface area contributed by atoms with E-state index in [4.69, 9.17) is 11.6 Å². The number of fused-ring (bicyclic) bond motifs is 1. The summed E-state index contributed by atoms with van der Waals surface area (Å²) in [6.45, 7) is 3.63. The number of carbonyl (C=O) groups is 1. The molecule has 4 nitrogen and oxygen atoms in total. The summed E-state index contributed by atoms with van der Waals surface area (Å²) in [7, 11) is 0. The summed E-state index contributed by atoms with van der Waals surface area (Å²) in [5.41, 5.74) is 3.66. The van der Waals surface area contributed by atoms with Crippen molar-refractivity contribution in [3.05, 3.63) is 70.6 Å². The van der Waals surface area contributed by atoms with Crippen LogP contribution >= 0.6 is 11.6 Å². The first kappa shape index (κ1) is 18.1. The van der Waals surface area contributed by atoms with Gasteiger partial charge in [-0.3, -0.25) is 9.20 Å². The molecule has 1 amide bonds. The summed E-state index contributed by atoms with van der Waals surface area (Å²) in [6.07, 6.45) is 5.69. The average molecular weight is 382 g/mol. The topological polar surface area (TPSA) is 37.6 Å². The van der Waals surface area contributed by atoms with E-state index in [-0.39, 0.29) is 5.91 Å². The van der Waals surface area contributed by atoms with Crippen LogP contribution < -0.4 is 0 Å². The number of aryl methyl sites for hydroxylation is 1. The first-order chi connectivity index (χ1) is 13.2. The number of benzene rings is 1. The molecule has 0 aliphatic carbocycles. The molecule has 1 fully saturated rings. The Hall–Kier alpha value is -2.33. The van der Waals surface area contributed by atoms with E-state index in [9.17, 15) is 4.79 Å². The molecule has 140 valence electrons. The molecule has 4 rings (SSSR count). The minimum Gasteiger partial charge on any atom is -0.337 e. The van der Waals surface area contributed by atoms with Gasteiger partial charge in [-0.05, 0) is 49.3 Å². The highest BCUT2D eigenvalue weighted by atomic mass is 35.5. The van der Waals surface area contributed by atoms with E-state index in [1.165, 1.54) is 5.56 Å². The lowest BCUT2D eigenvalue weighted by Crippen LogP contribution is -2.39. The fourth-order valence-corrected chi connectivity index (χ4v) is 4.14. The molecule has 5 heteroatoms. The van der Waals surface area contributed by atoms with Gasteiger partial charge in [0.05, 0.1) is 10.7 Å². The van der Waals surface area contributed by atoms with E-state index in [0.29, 0.717) is 16.6 Å². The Kier molecular flexibility index (Phi) is 5.17. The van der Waals surface area contributed by atoms with Crippen molar-refractivity contribution in [2.24, 2.45) is 5.92 Å². The van der Waals surface area contributed by atoms with E-state index in [1.807, 2.05) is 28.4 Å². The van der Waals surface area contributed by atoms with Gasteiger partial charge in [-0.2, -0.15) is 0 Å². The number of imidazole rings is 1. The lowest BCUT2D eigenvalue weighted by molar-refractivity contribution is 0.0682. The number of hydrogen-bond acceptors (Lipinski definition) is 2. The van der Waals surface area contributed by atoms with E-state index in [0.717, 1.165) is 50.1 Å². The Morgan fingerprint density at radius 2 is 1.89 bits per heavy atom. The van der Waals surface area contributed by atoms with Crippen molar-refractivity contribution in [3.8, 4) is 0 Å². The van der Waals surface area contributed by atoms with Gasteiger partial charge in [0.25, 0.3) is 5.91 Å². The second kappa shape index (κ2) is 7.73. The second-order valence-corrected chi connectivity index (χ2v) is 7.70. The molecule has 27 heavy (non-hydrogen) atoms. The fraction of sp³-hybridized carbons (Fsp3) is 0.364. The lowest BCUT2D eigenvalue weighted by Gasteiger charge is -2.32. The molecule has 1 aliphatic rings. The van der Waals surface area contributed by atoms with Crippen molar-refractivity contribution in [2.75, 3.05) is 13.1 Å². The molecule has 0 bridgehead atoms. The van der Waals surface area contributed by atoms with Crippen LogP contribution in [0.5, 0.6) is 0 Å². The Balaban J connectivity index is 1.50. The van der Waals surface area contributed by atoms with Crippen LogP contribution in [-0.2, 0) is 12.8 Å². The Morgan fingerprint density at radius 1 is 1.15 bits per heavy atom. The summed E-state index contributed by atoms with van der Waals surface area (Å²) in [5, 5.41) is 0.609. The number of nitrogens with zero attached hydrogens (tertiary/aromatic N) is 3. The smallest absolute Gasteiger partial charge is 0.272 e. The van der Waals surface area contributed by atoms with Gasteiger partial charge in [-0.25, -0.2) is 4.98 Å². The predicted molar refractivity (Wildman–Crippen MR) is 108 cm³/mol. The molecule has 0 unspecified atom stereocenters. The largest absolute Gasteiger partial charge is 0.337 e. The molecular weight excluding hydrogens is 358 g/mol. The van der Waals surface area contributed by atoms with Gasteiger partial charge < -0.3 is 4.90 Å². The maximum atomic E-state index is 13.3. The van der Waals surface area contributed by atoms with Gasteiger partial charge >= 0.3 is 0 Å². The van der Waals surface area contributed by atoms with E-state index < -0.39 is 0 Å². The molecule has 3 heterocycles. The molecule has 0 saturated carbocycles. The van der Waals surface area contributed by atoms with Crippen LogP contribution in [0.3, 0.4) is 0 Å². The van der Waals surface area contributed by atoms with Crippen molar-refractivity contribution in [2.45, 2.75) is 32.6 Å². The molecule has 1 aliphatic heterocycles. The Labute approximate surface area is 164 Å². The Bertz CT molecular complexity index is 943. The molecule has 1 aromatic carbocycles. The highest BCUT2D eigenvalue weighted by Crippen LogP contribution is 2.25. The quantitative estimate of drug-likeness (QED) is 0.660. The average Bonchev–Trinajstić information content (AvgIpc) is 3.06. The number of aromatic nitrogens is 2. The summed E-state index contributed by atoms with van der Waals surface area (Å²) < 4.78 is 1.85. The van der Waals surface area contributed by atoms with E-state index in [1.54, 1.807) is 6.20 Å². The predicted octanol–water partition coefficient (Wildman–Crippen LogP) is 4.65. The first-order valence-corrected chi connectivity index (χ1v) is 10.0. The molecule has 0 N–H and O–H groups in total. The van der Waals surface area contributed by atoms with Gasteiger partial charge in [0.1, 0.15) is 11.3 Å². The van der Waals surface area contributed by atoms with Crippen molar-refractivity contribution in [3.63, 3.8) is 0 Å². The molecule has 0 radical (unpaired) electrons. The SMILES string of the molecule is CCc1nc2ccc(Cl)cn2c1C(=O)N1CCC(Cc2ccccc2)CC1. The molecule has 0 spiro atoms. The molecular formula is C22H24ClN3O. The minimum absolute atomic E-state index is 0.0692. The van der Waals surface area contributed by atoms with Gasteiger partial charge in [0, 0.05) is 19.3 Å². The number of hydrogen-bond donors (Lipinski definition) is 0. The zero-order valence-electron chi connectivity index (χ0n) is 15.6. The van der Waals surface area contributed by atoms with Crippen LogP contribution in [0.4, 0.5) is 0 Å². The second-order valence-electron chi connectivity index (χ2n) is 7.26. The van der Waals surface area contributed by atoms with Gasteiger partial charge in [-0.15, -0.1) is 0 Å². The molecule has 1 saturated heterocycles. The highest BCUT2D eigenvalue weighted by molar-refractivity contribution is 6.30. The summed E-state index contributed by atoms with van der Waals surface area (Å²) >= 11 is 6.16. The van der Waals surface area contributed by atoms with Crippen molar-refractivity contribution < 1.29 is 4.79 Å². The number of likely N-dealkylation sites (tertiary alicyclic amines) is 1. The van der Waals surface area contributed by atoms with Crippen LogP contribution in [0, 0.1) is 5.92 Å². The van der Waals surface area contributed by atoms with Gasteiger partial charge in [0.2, 0.25) is 0 Å². The number of rotatable bonds is 4. The monoisotopic (exact) mass is 381 g/mol. The summed E-state index contributed by atoms with van der Waals surface area (Å²) in [5.74, 6) is 0.707. The van der Waals surface area contributed by atoms with E-state index >= 15 is 0 Å². The third kappa shape index (κ3) is 3.72. The summed E-state index contributed by atoms with van der Waals surface area (Å²) in [6, 6.07) is 14.3. The van der Waals surface area contributed by atoms with Crippen molar-refractivity contribution >= 4 is 23.2 Å². The first-order valence-electron chi connectivity index (χ1n) is 9.65. The highest BCUT2D eigenvalue weighted by Gasteiger charge is 2.27. The van der Waals surface area contributed by atoms with Gasteiger partial charge in [-0.1, -0.05) is 48.9 Å². The number of halogens is 1. The number of piperidine rings is 1. The maximum absolute atomic E-state index is 13.3. The molecule has 2 aromatic heterocycles. The van der Waals surface area contributed by atoms with Crippen LogP contribution in [-0.4, -0.2) is 33.3 Å². The van der Waals surface area contributed by atoms with Crippen molar-refractivity contribution in [1.82, 2.24) is 14.3 Å². The number of pyridine rings is 1. The normalized spacial score (nSPS) is 15.4. The molecule has 3 aromatic rings. The van der Waals surface area contributed by atoms with Gasteiger partial charge in [0.15, 0.2) is 0 Å². The number of amides is 1. The number of carbonyl (C=O) groups excluding carboxylic acids is 1. The van der Waals surface area contributed by atoms with Crippen LogP contribution in [0.1, 0.15) is 41.5 Å². The maximum Gasteiger partial charge on any atom is 0.272 e. The summed E-state index contributed by atoms with van der Waals surface area (Å²) in [4.78, 5) is 19.8. The third-order valence-corrected chi connectivity index (χ3v) is 5.68. The third-order valence-electron chi connectivity index (χ3n) is 5.46. The lowest BCUT2D eigenvalue weighted by atomic mass is 9.90. The standard InChI is InChI=1S/C22H24ClN3O/c1-2-19-21(26-15-18(23)8-9-20(26)24-19)22(27)25-12-10-17(11-13-25)14-16-6-4-3-5-7-16/h3-9,15,17H,2,10-14H2,1H3. The minimum atomic E-state index is 0.0692. The van der Waals surface area contributed by atoms with Crippen LogP contribution in [0.15, 0.2) is 48.7 Å². The van der Waals surface area contributed by atoms with Crippen LogP contribution in [0.25, 0.3) is 5.65 Å². The van der Waals surface area contributed by atoms with Crippen molar-refractivity contribution in [1.29, 1.82) is 0 Å². The fourth-order valence-electron chi connectivity index (χ4n) is 3.98. The van der Waals surface area contributed by atoms with E-state index in [2.05, 4.69) is 35.3 Å².